The van der Waals surface area contributed by atoms with Crippen molar-refractivity contribution < 1.29 is 4.74 Å². The molecule has 2 fully saturated rings. The van der Waals surface area contributed by atoms with Crippen molar-refractivity contribution in [3.63, 3.8) is 0 Å². The Morgan fingerprint density at radius 3 is 2.71 bits per heavy atom. The van der Waals surface area contributed by atoms with Gasteiger partial charge in [-0.2, -0.15) is 0 Å². The molecule has 0 saturated carbocycles. The summed E-state index contributed by atoms with van der Waals surface area (Å²) in [7, 11) is 0. The van der Waals surface area contributed by atoms with Crippen LogP contribution < -0.4 is 5.73 Å². The molecule has 2 aliphatic rings. The molecule has 3 nitrogen and oxygen atoms in total. The van der Waals surface area contributed by atoms with E-state index in [1.807, 2.05) is 0 Å². The minimum absolute atomic E-state index is 0.126. The lowest BCUT2D eigenvalue weighted by molar-refractivity contribution is -0.0135. The first-order valence-electron chi connectivity index (χ1n) is 5.80. The van der Waals surface area contributed by atoms with Crippen LogP contribution in [0.2, 0.25) is 0 Å². The zero-order valence-corrected chi connectivity index (χ0v) is 9.17. The molecule has 0 bridgehead atoms. The van der Waals surface area contributed by atoms with E-state index < -0.39 is 0 Å². The Kier molecular flexibility index (Phi) is 3.10. The van der Waals surface area contributed by atoms with Crippen LogP contribution in [0.5, 0.6) is 0 Å². The van der Waals surface area contributed by atoms with Gasteiger partial charge in [0.1, 0.15) is 0 Å². The number of nitrogens with two attached hydrogens (primary N) is 1. The second-order valence-corrected chi connectivity index (χ2v) is 5.02. The van der Waals surface area contributed by atoms with Gasteiger partial charge in [0.05, 0.1) is 5.60 Å². The van der Waals surface area contributed by atoms with E-state index >= 15 is 0 Å². The quantitative estimate of drug-likeness (QED) is 0.719. The van der Waals surface area contributed by atoms with Gasteiger partial charge in [-0.25, -0.2) is 0 Å². The summed E-state index contributed by atoms with van der Waals surface area (Å²) in [4.78, 5) is 2.51. The maximum absolute atomic E-state index is 5.88. The summed E-state index contributed by atoms with van der Waals surface area (Å²) in [5, 5.41) is 0. The van der Waals surface area contributed by atoms with E-state index in [9.17, 15) is 0 Å². The molecular weight excluding hydrogens is 176 g/mol. The molecule has 0 aliphatic carbocycles. The fourth-order valence-electron chi connectivity index (χ4n) is 2.55. The van der Waals surface area contributed by atoms with Crippen LogP contribution in [0, 0.1) is 0 Å². The number of nitrogens with zero attached hydrogens (tertiary/aromatic N) is 1. The second-order valence-electron chi connectivity index (χ2n) is 5.02. The highest BCUT2D eigenvalue weighted by Crippen LogP contribution is 2.26. The molecule has 0 radical (unpaired) electrons. The van der Waals surface area contributed by atoms with Gasteiger partial charge in [-0.15, -0.1) is 0 Å². The van der Waals surface area contributed by atoms with Crippen LogP contribution in [0.1, 0.15) is 32.6 Å². The molecule has 14 heavy (non-hydrogen) atoms. The largest absolute Gasteiger partial charge is 0.374 e. The number of hydrogen-bond donors (Lipinski definition) is 1. The second kappa shape index (κ2) is 4.17. The highest BCUT2D eigenvalue weighted by Gasteiger charge is 2.32. The van der Waals surface area contributed by atoms with E-state index in [0.29, 0.717) is 6.04 Å². The maximum atomic E-state index is 5.88. The van der Waals surface area contributed by atoms with Gasteiger partial charge in [-0.1, -0.05) is 0 Å². The molecule has 0 amide bonds. The molecular formula is C11H22N2O. The van der Waals surface area contributed by atoms with Crippen molar-refractivity contribution >= 4 is 0 Å². The highest BCUT2D eigenvalue weighted by atomic mass is 16.5. The average molecular weight is 198 g/mol. The first kappa shape index (κ1) is 10.4. The van der Waals surface area contributed by atoms with Gasteiger partial charge in [-0.05, 0) is 45.7 Å². The topological polar surface area (TPSA) is 38.5 Å². The Morgan fingerprint density at radius 2 is 2.14 bits per heavy atom. The fourth-order valence-corrected chi connectivity index (χ4v) is 2.55. The smallest absolute Gasteiger partial charge is 0.0781 e. The maximum Gasteiger partial charge on any atom is 0.0781 e. The Bertz CT molecular complexity index is 182. The number of rotatable bonds is 2. The van der Waals surface area contributed by atoms with E-state index in [1.54, 1.807) is 0 Å². The van der Waals surface area contributed by atoms with Crippen molar-refractivity contribution in [3.05, 3.63) is 0 Å². The summed E-state index contributed by atoms with van der Waals surface area (Å²) >= 11 is 0. The van der Waals surface area contributed by atoms with Gasteiger partial charge in [0.2, 0.25) is 0 Å². The molecule has 82 valence electrons. The van der Waals surface area contributed by atoms with Crippen molar-refractivity contribution in [2.75, 3.05) is 26.2 Å². The predicted octanol–water partition coefficient (Wildman–Crippen LogP) is 0.979. The van der Waals surface area contributed by atoms with Crippen molar-refractivity contribution in [1.29, 1.82) is 0 Å². The Labute approximate surface area is 86.6 Å². The van der Waals surface area contributed by atoms with Crippen molar-refractivity contribution in [1.82, 2.24) is 4.90 Å². The van der Waals surface area contributed by atoms with Crippen LogP contribution in [-0.4, -0.2) is 42.8 Å². The molecule has 2 rings (SSSR count). The van der Waals surface area contributed by atoms with Crippen molar-refractivity contribution in [3.8, 4) is 0 Å². The molecule has 1 unspecified atom stereocenters. The third kappa shape index (κ3) is 2.47. The summed E-state index contributed by atoms with van der Waals surface area (Å²) in [6.45, 7) is 6.60. The van der Waals surface area contributed by atoms with Crippen LogP contribution in [0.15, 0.2) is 0 Å². The molecule has 0 aromatic carbocycles. The molecule has 2 N–H and O–H groups in total. The third-order valence-corrected chi connectivity index (χ3v) is 3.49. The van der Waals surface area contributed by atoms with E-state index in [4.69, 9.17) is 10.5 Å². The van der Waals surface area contributed by atoms with Crippen LogP contribution in [0.4, 0.5) is 0 Å². The first-order valence-corrected chi connectivity index (χ1v) is 5.80. The summed E-state index contributed by atoms with van der Waals surface area (Å²) in [5.74, 6) is 0. The highest BCUT2D eigenvalue weighted by molar-refractivity contribution is 4.86. The molecule has 0 aromatic rings. The van der Waals surface area contributed by atoms with Crippen LogP contribution in [0.3, 0.4) is 0 Å². The van der Waals surface area contributed by atoms with E-state index in [-0.39, 0.29) is 5.60 Å². The summed E-state index contributed by atoms with van der Waals surface area (Å²) < 4.78 is 5.80. The normalized spacial score (nSPS) is 36.4. The summed E-state index contributed by atoms with van der Waals surface area (Å²) in [6.07, 6.45) is 4.74. The molecule has 0 aromatic heterocycles. The Balaban J connectivity index is 1.79. The summed E-state index contributed by atoms with van der Waals surface area (Å²) in [5.41, 5.74) is 6.01. The Morgan fingerprint density at radius 1 is 1.43 bits per heavy atom. The van der Waals surface area contributed by atoms with Gasteiger partial charge in [0.15, 0.2) is 0 Å². The van der Waals surface area contributed by atoms with E-state index in [0.717, 1.165) is 39.1 Å². The summed E-state index contributed by atoms with van der Waals surface area (Å²) in [6, 6.07) is 0.434. The zero-order valence-electron chi connectivity index (χ0n) is 9.17. The van der Waals surface area contributed by atoms with Gasteiger partial charge in [-0.3, -0.25) is 0 Å². The van der Waals surface area contributed by atoms with Gasteiger partial charge in [0, 0.05) is 19.2 Å². The lowest BCUT2D eigenvalue weighted by atomic mass is 9.99. The van der Waals surface area contributed by atoms with E-state index in [2.05, 4.69) is 11.8 Å². The van der Waals surface area contributed by atoms with Gasteiger partial charge in [0.25, 0.3) is 0 Å². The molecule has 0 spiro atoms. The average Bonchev–Trinajstić information content (AvgIpc) is 2.57. The monoisotopic (exact) mass is 198 g/mol. The Hall–Kier alpha value is -0.120. The number of hydrogen-bond acceptors (Lipinski definition) is 3. The number of ether oxygens (including phenoxy) is 1. The molecule has 1 atom stereocenters. The lowest BCUT2D eigenvalue weighted by Crippen LogP contribution is -2.46. The molecule has 2 heterocycles. The third-order valence-electron chi connectivity index (χ3n) is 3.49. The van der Waals surface area contributed by atoms with Crippen molar-refractivity contribution in [2.45, 2.75) is 44.2 Å². The van der Waals surface area contributed by atoms with Crippen LogP contribution >= 0.6 is 0 Å². The molecule has 2 saturated heterocycles. The SMILES string of the molecule is CC1(CN2CCC(N)CC2)CCCO1. The first-order chi connectivity index (χ1) is 6.68. The number of piperidine rings is 1. The predicted molar refractivity (Wildman–Crippen MR) is 57.2 cm³/mol. The fraction of sp³-hybridized carbons (Fsp3) is 1.00. The van der Waals surface area contributed by atoms with Crippen LogP contribution in [0.25, 0.3) is 0 Å². The number of likely N-dealkylation sites (tertiary alicyclic amines) is 1. The minimum atomic E-state index is 0.126. The van der Waals surface area contributed by atoms with Crippen molar-refractivity contribution in [2.24, 2.45) is 5.73 Å². The van der Waals surface area contributed by atoms with Gasteiger partial charge < -0.3 is 15.4 Å². The zero-order chi connectivity index (χ0) is 10.0. The van der Waals surface area contributed by atoms with Gasteiger partial charge >= 0.3 is 0 Å². The lowest BCUT2D eigenvalue weighted by Gasteiger charge is -2.35. The van der Waals surface area contributed by atoms with Crippen LogP contribution in [-0.2, 0) is 4.74 Å². The molecule has 2 aliphatic heterocycles. The molecule has 3 heteroatoms. The van der Waals surface area contributed by atoms with E-state index in [1.165, 1.54) is 12.8 Å². The standard InChI is InChI=1S/C11H22N2O/c1-11(5-2-8-14-11)9-13-6-3-10(12)4-7-13/h10H,2-9,12H2,1H3. The minimum Gasteiger partial charge on any atom is -0.374 e.